The van der Waals surface area contributed by atoms with Gasteiger partial charge in [-0.15, -0.1) is 0 Å². The Morgan fingerprint density at radius 3 is 2.75 bits per heavy atom. The van der Waals surface area contributed by atoms with Crippen LogP contribution in [-0.4, -0.2) is 14.9 Å². The van der Waals surface area contributed by atoms with Gasteiger partial charge in [-0.05, 0) is 40.0 Å². The Morgan fingerprint density at radius 2 is 2.20 bits per heavy atom. The van der Waals surface area contributed by atoms with Crippen molar-refractivity contribution in [3.8, 4) is 0 Å². The van der Waals surface area contributed by atoms with E-state index in [4.69, 9.17) is 11.6 Å². The third kappa shape index (κ3) is 3.05. The third-order valence-electron chi connectivity index (χ3n) is 3.21. The van der Waals surface area contributed by atoms with Gasteiger partial charge in [0.2, 0.25) is 0 Å². The van der Waals surface area contributed by atoms with E-state index in [2.05, 4.69) is 21.0 Å². The summed E-state index contributed by atoms with van der Waals surface area (Å²) in [5.74, 6) is -0.416. The summed E-state index contributed by atoms with van der Waals surface area (Å²) in [5.41, 5.74) is 2.34. The highest BCUT2D eigenvalue weighted by Crippen LogP contribution is 2.30. The van der Waals surface area contributed by atoms with Crippen molar-refractivity contribution in [1.29, 1.82) is 0 Å². The van der Waals surface area contributed by atoms with Gasteiger partial charge in [-0.3, -0.25) is 4.68 Å². The monoisotopic (exact) mass is 360 g/mol. The van der Waals surface area contributed by atoms with Crippen LogP contribution in [0.4, 0.5) is 4.39 Å². The fourth-order valence-electron chi connectivity index (χ4n) is 2.11. The number of aliphatic hydroxyl groups is 1. The minimum atomic E-state index is -0.806. The second-order valence-electron chi connectivity index (χ2n) is 4.57. The molecule has 0 spiro atoms. The second-order valence-corrected chi connectivity index (χ2v) is 5.77. The molecule has 0 saturated carbocycles. The van der Waals surface area contributed by atoms with Crippen molar-refractivity contribution < 1.29 is 9.50 Å². The topological polar surface area (TPSA) is 38.0 Å². The van der Waals surface area contributed by atoms with Crippen LogP contribution in [0, 0.1) is 5.82 Å². The van der Waals surface area contributed by atoms with Crippen LogP contribution in [0.15, 0.2) is 22.7 Å². The van der Waals surface area contributed by atoms with Gasteiger partial charge in [0.25, 0.3) is 0 Å². The normalized spacial score (nSPS) is 12.7. The highest BCUT2D eigenvalue weighted by atomic mass is 79.9. The number of aryl methyl sites for hydroxylation is 2. The van der Waals surface area contributed by atoms with E-state index in [1.807, 2.05) is 14.0 Å². The quantitative estimate of drug-likeness (QED) is 0.899. The number of aliphatic hydroxyl groups excluding tert-OH is 1. The summed E-state index contributed by atoms with van der Waals surface area (Å²) < 4.78 is 15.7. The number of benzene rings is 1. The van der Waals surface area contributed by atoms with E-state index >= 15 is 0 Å². The summed E-state index contributed by atoms with van der Waals surface area (Å²) in [6, 6.07) is 4.00. The zero-order valence-electron chi connectivity index (χ0n) is 11.2. The number of aromatic nitrogens is 2. The SMILES string of the molecule is CCc1nn(C)c(CC(O)c2ccc(F)cc2Cl)c1Br. The van der Waals surface area contributed by atoms with Gasteiger partial charge in [0.15, 0.2) is 0 Å². The molecule has 1 aromatic carbocycles. The molecule has 1 unspecified atom stereocenters. The van der Waals surface area contributed by atoms with Gasteiger partial charge >= 0.3 is 0 Å². The van der Waals surface area contributed by atoms with Crippen LogP contribution in [-0.2, 0) is 19.9 Å². The molecule has 0 bridgehead atoms. The van der Waals surface area contributed by atoms with Crippen LogP contribution in [0.1, 0.15) is 30.0 Å². The van der Waals surface area contributed by atoms with Gasteiger partial charge in [0, 0.05) is 18.5 Å². The Morgan fingerprint density at radius 1 is 1.50 bits per heavy atom. The Balaban J connectivity index is 2.27. The van der Waals surface area contributed by atoms with Gasteiger partial charge in [-0.1, -0.05) is 24.6 Å². The van der Waals surface area contributed by atoms with Gasteiger partial charge in [0.05, 0.1) is 22.0 Å². The zero-order valence-corrected chi connectivity index (χ0v) is 13.5. The average Bonchev–Trinajstić information content (AvgIpc) is 2.66. The van der Waals surface area contributed by atoms with E-state index in [0.717, 1.165) is 22.3 Å². The summed E-state index contributed by atoms with van der Waals surface area (Å²) in [5, 5.41) is 14.9. The minimum Gasteiger partial charge on any atom is -0.388 e. The lowest BCUT2D eigenvalue weighted by Crippen LogP contribution is -2.07. The predicted molar refractivity (Wildman–Crippen MR) is 80.4 cm³/mol. The highest BCUT2D eigenvalue weighted by Gasteiger charge is 2.19. The van der Waals surface area contributed by atoms with Crippen LogP contribution in [0.2, 0.25) is 5.02 Å². The molecule has 0 aliphatic heterocycles. The van der Waals surface area contributed by atoms with Crippen molar-refractivity contribution in [3.05, 3.63) is 50.5 Å². The molecule has 6 heteroatoms. The van der Waals surface area contributed by atoms with Gasteiger partial charge < -0.3 is 5.11 Å². The van der Waals surface area contributed by atoms with Crippen LogP contribution in [0.3, 0.4) is 0 Å². The van der Waals surface area contributed by atoms with Crippen molar-refractivity contribution in [2.45, 2.75) is 25.9 Å². The zero-order chi connectivity index (χ0) is 14.9. The summed E-state index contributed by atoms with van der Waals surface area (Å²) in [7, 11) is 1.83. The Kier molecular flexibility index (Phi) is 4.83. The molecule has 1 aromatic heterocycles. The van der Waals surface area contributed by atoms with Gasteiger partial charge in [-0.25, -0.2) is 4.39 Å². The summed E-state index contributed by atoms with van der Waals surface area (Å²) >= 11 is 9.47. The van der Waals surface area contributed by atoms with Crippen LogP contribution >= 0.6 is 27.5 Å². The maximum Gasteiger partial charge on any atom is 0.124 e. The largest absolute Gasteiger partial charge is 0.388 e. The van der Waals surface area contributed by atoms with E-state index in [0.29, 0.717) is 12.0 Å². The maximum atomic E-state index is 13.0. The van der Waals surface area contributed by atoms with E-state index in [-0.39, 0.29) is 5.02 Å². The van der Waals surface area contributed by atoms with Crippen molar-refractivity contribution in [2.75, 3.05) is 0 Å². The molecule has 0 radical (unpaired) electrons. The minimum absolute atomic E-state index is 0.228. The summed E-state index contributed by atoms with van der Waals surface area (Å²) in [6.07, 6.45) is 0.358. The number of hydrogen-bond acceptors (Lipinski definition) is 2. The predicted octanol–water partition coefficient (Wildman–Crippen LogP) is 3.81. The second kappa shape index (κ2) is 6.24. The Bertz CT molecular complexity index is 630. The van der Waals surface area contributed by atoms with Crippen molar-refractivity contribution in [1.82, 2.24) is 9.78 Å². The Labute approximate surface area is 130 Å². The summed E-state index contributed by atoms with van der Waals surface area (Å²) in [4.78, 5) is 0. The average molecular weight is 362 g/mol. The lowest BCUT2D eigenvalue weighted by molar-refractivity contribution is 0.175. The molecule has 3 nitrogen and oxygen atoms in total. The molecule has 108 valence electrons. The molecule has 2 rings (SSSR count). The van der Waals surface area contributed by atoms with Crippen LogP contribution < -0.4 is 0 Å². The molecular formula is C14H15BrClFN2O. The molecule has 1 N–H and O–H groups in total. The fourth-order valence-corrected chi connectivity index (χ4v) is 3.18. The molecular weight excluding hydrogens is 347 g/mol. The molecule has 1 atom stereocenters. The fraction of sp³-hybridized carbons (Fsp3) is 0.357. The number of nitrogens with zero attached hydrogens (tertiary/aromatic N) is 2. The van der Waals surface area contributed by atoms with Crippen molar-refractivity contribution >= 4 is 27.5 Å². The molecule has 1 heterocycles. The van der Waals surface area contributed by atoms with Crippen molar-refractivity contribution in [2.24, 2.45) is 7.05 Å². The van der Waals surface area contributed by atoms with Crippen LogP contribution in [0.25, 0.3) is 0 Å². The standard InChI is InChI=1S/C14H15BrClFN2O/c1-3-11-14(15)12(19(2)18-11)7-13(20)9-5-4-8(17)6-10(9)16/h4-6,13,20H,3,7H2,1-2H3. The first-order valence-electron chi connectivity index (χ1n) is 6.27. The lowest BCUT2D eigenvalue weighted by Gasteiger charge is -2.13. The van der Waals surface area contributed by atoms with E-state index < -0.39 is 11.9 Å². The molecule has 0 aliphatic rings. The number of rotatable bonds is 4. The van der Waals surface area contributed by atoms with E-state index in [9.17, 15) is 9.50 Å². The third-order valence-corrected chi connectivity index (χ3v) is 4.45. The smallest absolute Gasteiger partial charge is 0.124 e. The van der Waals surface area contributed by atoms with E-state index in [1.54, 1.807) is 4.68 Å². The Hall–Kier alpha value is -0.910. The molecule has 20 heavy (non-hydrogen) atoms. The summed E-state index contributed by atoms with van der Waals surface area (Å²) in [6.45, 7) is 2.02. The maximum absolute atomic E-state index is 13.0. The first-order valence-corrected chi connectivity index (χ1v) is 7.44. The van der Waals surface area contributed by atoms with Gasteiger partial charge in [-0.2, -0.15) is 5.10 Å². The van der Waals surface area contributed by atoms with Crippen molar-refractivity contribution in [3.63, 3.8) is 0 Å². The van der Waals surface area contributed by atoms with Crippen LogP contribution in [0.5, 0.6) is 0 Å². The van der Waals surface area contributed by atoms with E-state index in [1.165, 1.54) is 18.2 Å². The lowest BCUT2D eigenvalue weighted by atomic mass is 10.0. The first kappa shape index (κ1) is 15.5. The highest BCUT2D eigenvalue weighted by molar-refractivity contribution is 9.10. The number of hydrogen-bond donors (Lipinski definition) is 1. The molecule has 2 aromatic rings. The molecule has 0 amide bonds. The molecule has 0 saturated heterocycles. The molecule has 0 fully saturated rings. The molecule has 0 aliphatic carbocycles. The van der Waals surface area contributed by atoms with Gasteiger partial charge in [0.1, 0.15) is 5.82 Å². The number of halogens is 3. The first-order chi connectivity index (χ1) is 9.43.